The van der Waals surface area contributed by atoms with Crippen molar-refractivity contribution >= 4 is 17.3 Å². The van der Waals surface area contributed by atoms with Crippen LogP contribution in [0.5, 0.6) is 0 Å². The lowest BCUT2D eigenvalue weighted by atomic mass is 9.93. The third-order valence-corrected chi connectivity index (χ3v) is 2.52. The number of nitro benzene ring substituents is 2. The van der Waals surface area contributed by atoms with Gasteiger partial charge in [0.1, 0.15) is 5.54 Å². The summed E-state index contributed by atoms with van der Waals surface area (Å²) < 4.78 is 0. The molecule has 1 aromatic carbocycles. The van der Waals surface area contributed by atoms with Crippen LogP contribution in [0.15, 0.2) is 18.2 Å². The van der Waals surface area contributed by atoms with E-state index in [-0.39, 0.29) is 12.0 Å². The van der Waals surface area contributed by atoms with Gasteiger partial charge in [-0.25, -0.2) is 0 Å². The molecular weight excluding hydrogens is 258 g/mol. The molecule has 3 N–H and O–H groups in total. The maximum Gasteiger partial charge on any atom is 0.323 e. The number of hydrogen-bond donors (Lipinski definition) is 2. The fourth-order valence-corrected chi connectivity index (χ4v) is 1.46. The summed E-state index contributed by atoms with van der Waals surface area (Å²) in [6.07, 6.45) is -0.309. The molecule has 1 unspecified atom stereocenters. The van der Waals surface area contributed by atoms with Gasteiger partial charge in [0.05, 0.1) is 15.9 Å². The van der Waals surface area contributed by atoms with E-state index in [1.165, 1.54) is 6.92 Å². The van der Waals surface area contributed by atoms with E-state index in [4.69, 9.17) is 10.8 Å². The minimum atomic E-state index is -1.69. The SMILES string of the molecule is CC(N)(Cc1ccc([N+](=O)[O-])cc1[N+](=O)[O-])C(=O)O. The summed E-state index contributed by atoms with van der Waals surface area (Å²) in [5.41, 5.74) is 2.88. The van der Waals surface area contributed by atoms with Crippen molar-refractivity contribution in [3.05, 3.63) is 44.0 Å². The van der Waals surface area contributed by atoms with Gasteiger partial charge in [-0.2, -0.15) is 0 Å². The van der Waals surface area contributed by atoms with Crippen LogP contribution in [-0.4, -0.2) is 26.5 Å². The Morgan fingerprint density at radius 3 is 2.37 bits per heavy atom. The Morgan fingerprint density at radius 1 is 1.37 bits per heavy atom. The summed E-state index contributed by atoms with van der Waals surface area (Å²) in [6.45, 7) is 1.21. The Balaban J connectivity index is 3.25. The molecule has 0 aliphatic carbocycles. The molecule has 9 nitrogen and oxygen atoms in total. The molecule has 102 valence electrons. The number of carboxylic acid groups (broad SMARTS) is 1. The second-order valence-electron chi connectivity index (χ2n) is 4.23. The number of carboxylic acids is 1. The summed E-state index contributed by atoms with van der Waals surface area (Å²) in [5.74, 6) is -1.32. The lowest BCUT2D eigenvalue weighted by Crippen LogP contribution is -2.46. The molecule has 1 aromatic rings. The van der Waals surface area contributed by atoms with Crippen LogP contribution < -0.4 is 5.73 Å². The van der Waals surface area contributed by atoms with Gasteiger partial charge < -0.3 is 10.8 Å². The Bertz CT molecular complexity index is 554. The highest BCUT2D eigenvalue weighted by Crippen LogP contribution is 2.27. The maximum absolute atomic E-state index is 10.9. The molecule has 0 amide bonds. The van der Waals surface area contributed by atoms with Gasteiger partial charge in [0.15, 0.2) is 0 Å². The smallest absolute Gasteiger partial charge is 0.323 e. The largest absolute Gasteiger partial charge is 0.480 e. The normalized spacial score (nSPS) is 13.6. The zero-order valence-electron chi connectivity index (χ0n) is 9.90. The van der Waals surface area contributed by atoms with Crippen LogP contribution in [0.4, 0.5) is 11.4 Å². The molecule has 0 spiro atoms. The number of non-ortho nitro benzene ring substituents is 1. The second-order valence-corrected chi connectivity index (χ2v) is 4.23. The molecule has 0 radical (unpaired) electrons. The van der Waals surface area contributed by atoms with E-state index in [0.29, 0.717) is 0 Å². The first-order valence-corrected chi connectivity index (χ1v) is 5.09. The average Bonchev–Trinajstić information content (AvgIpc) is 2.28. The van der Waals surface area contributed by atoms with Crippen LogP contribution in [0.2, 0.25) is 0 Å². The number of rotatable bonds is 5. The molecule has 0 saturated carbocycles. The number of benzene rings is 1. The van der Waals surface area contributed by atoms with Gasteiger partial charge in [0, 0.05) is 18.1 Å². The Morgan fingerprint density at radius 2 is 1.95 bits per heavy atom. The van der Waals surface area contributed by atoms with E-state index < -0.39 is 32.7 Å². The molecule has 0 saturated heterocycles. The average molecular weight is 269 g/mol. The minimum Gasteiger partial charge on any atom is -0.480 e. The first-order chi connectivity index (χ1) is 8.65. The molecular formula is C10H11N3O6. The standard InChI is InChI=1S/C10H11N3O6/c1-10(11,9(14)15)5-6-2-3-7(12(16)17)4-8(6)13(18)19/h2-4H,5,11H2,1H3,(H,14,15). The number of carbonyl (C=O) groups is 1. The van der Waals surface area contributed by atoms with Crippen molar-refractivity contribution in [3.63, 3.8) is 0 Å². The molecule has 0 aliphatic heterocycles. The van der Waals surface area contributed by atoms with Crippen molar-refractivity contribution in [1.82, 2.24) is 0 Å². The number of aliphatic carboxylic acids is 1. The topological polar surface area (TPSA) is 150 Å². The van der Waals surface area contributed by atoms with Gasteiger partial charge in [0.2, 0.25) is 0 Å². The molecule has 0 fully saturated rings. The van der Waals surface area contributed by atoms with Crippen molar-refractivity contribution < 1.29 is 19.7 Å². The van der Waals surface area contributed by atoms with Gasteiger partial charge in [-0.3, -0.25) is 25.0 Å². The molecule has 0 bridgehead atoms. The van der Waals surface area contributed by atoms with E-state index in [1.807, 2.05) is 0 Å². The van der Waals surface area contributed by atoms with Crippen LogP contribution >= 0.6 is 0 Å². The fourth-order valence-electron chi connectivity index (χ4n) is 1.46. The van der Waals surface area contributed by atoms with Crippen molar-refractivity contribution in [2.45, 2.75) is 18.9 Å². The van der Waals surface area contributed by atoms with Crippen molar-refractivity contribution in [3.8, 4) is 0 Å². The Hall–Kier alpha value is -2.55. The zero-order chi connectivity index (χ0) is 14.8. The summed E-state index contributed by atoms with van der Waals surface area (Å²) in [4.78, 5) is 30.7. The monoisotopic (exact) mass is 269 g/mol. The molecule has 0 heterocycles. The van der Waals surface area contributed by atoms with Gasteiger partial charge >= 0.3 is 5.97 Å². The van der Waals surface area contributed by atoms with Crippen LogP contribution in [0.25, 0.3) is 0 Å². The summed E-state index contributed by atoms with van der Waals surface area (Å²) in [5, 5.41) is 30.3. The van der Waals surface area contributed by atoms with E-state index in [9.17, 15) is 25.0 Å². The minimum absolute atomic E-state index is 0.0306. The molecule has 1 rings (SSSR count). The second kappa shape index (κ2) is 4.98. The lowest BCUT2D eigenvalue weighted by Gasteiger charge is -2.18. The highest BCUT2D eigenvalue weighted by atomic mass is 16.6. The van der Waals surface area contributed by atoms with E-state index in [0.717, 1.165) is 18.2 Å². The number of hydrogen-bond acceptors (Lipinski definition) is 6. The van der Waals surface area contributed by atoms with Gasteiger partial charge in [-0.05, 0) is 13.0 Å². The van der Waals surface area contributed by atoms with Crippen molar-refractivity contribution in [2.75, 3.05) is 0 Å². The molecule has 19 heavy (non-hydrogen) atoms. The first kappa shape index (κ1) is 14.5. The fraction of sp³-hybridized carbons (Fsp3) is 0.300. The van der Waals surface area contributed by atoms with Gasteiger partial charge in [-0.15, -0.1) is 0 Å². The van der Waals surface area contributed by atoms with Crippen molar-refractivity contribution in [1.29, 1.82) is 0 Å². The molecule has 1 atom stereocenters. The highest BCUT2D eigenvalue weighted by Gasteiger charge is 2.32. The highest BCUT2D eigenvalue weighted by molar-refractivity contribution is 5.78. The zero-order valence-corrected chi connectivity index (χ0v) is 9.90. The van der Waals surface area contributed by atoms with Crippen LogP contribution in [0.1, 0.15) is 12.5 Å². The maximum atomic E-state index is 10.9. The van der Waals surface area contributed by atoms with E-state index in [1.54, 1.807) is 0 Å². The predicted molar refractivity (Wildman–Crippen MR) is 63.7 cm³/mol. The molecule has 0 aromatic heterocycles. The van der Waals surface area contributed by atoms with E-state index in [2.05, 4.69) is 0 Å². The number of nitrogens with two attached hydrogens (primary N) is 1. The summed E-state index contributed by atoms with van der Waals surface area (Å²) >= 11 is 0. The van der Waals surface area contributed by atoms with Crippen molar-refractivity contribution in [2.24, 2.45) is 5.73 Å². The third-order valence-electron chi connectivity index (χ3n) is 2.52. The Kier molecular flexibility index (Phi) is 3.80. The Labute approximate surface area is 106 Å². The number of nitrogens with zero attached hydrogens (tertiary/aromatic N) is 2. The summed E-state index contributed by atoms with van der Waals surface area (Å²) in [6, 6.07) is 3.00. The van der Waals surface area contributed by atoms with E-state index >= 15 is 0 Å². The van der Waals surface area contributed by atoms with Crippen LogP contribution in [-0.2, 0) is 11.2 Å². The lowest BCUT2D eigenvalue weighted by molar-refractivity contribution is -0.394. The third kappa shape index (κ3) is 3.22. The van der Waals surface area contributed by atoms with Gasteiger partial charge in [0.25, 0.3) is 11.4 Å². The first-order valence-electron chi connectivity index (χ1n) is 5.09. The predicted octanol–water partition coefficient (Wildman–Crippen LogP) is 0.847. The quantitative estimate of drug-likeness (QED) is 0.593. The summed E-state index contributed by atoms with van der Waals surface area (Å²) in [7, 11) is 0. The van der Waals surface area contributed by atoms with Gasteiger partial charge in [-0.1, -0.05) is 0 Å². The molecule has 0 aliphatic rings. The molecule has 9 heteroatoms. The number of nitro groups is 2. The van der Waals surface area contributed by atoms with Crippen LogP contribution in [0.3, 0.4) is 0 Å². The van der Waals surface area contributed by atoms with Crippen LogP contribution in [0, 0.1) is 20.2 Å².